The molecule has 2 aliphatic rings. The minimum absolute atomic E-state index is 0.0845. The Bertz CT molecular complexity index is 1280. The van der Waals surface area contributed by atoms with E-state index in [-0.39, 0.29) is 36.7 Å². The van der Waals surface area contributed by atoms with E-state index in [2.05, 4.69) is 4.99 Å². The molecule has 1 saturated heterocycles. The second-order valence-corrected chi connectivity index (χ2v) is 9.70. The summed E-state index contributed by atoms with van der Waals surface area (Å²) < 4.78 is 4.79. The topological polar surface area (TPSA) is 115 Å². The van der Waals surface area contributed by atoms with Crippen molar-refractivity contribution in [1.82, 2.24) is 9.96 Å². The van der Waals surface area contributed by atoms with Crippen LogP contribution in [-0.2, 0) is 19.2 Å². The number of hydrogen-bond donors (Lipinski definition) is 1. The lowest BCUT2D eigenvalue weighted by Crippen LogP contribution is -2.37. The molecule has 9 nitrogen and oxygen atoms in total. The molecule has 0 aliphatic carbocycles. The number of rotatable bonds is 9. The molecule has 0 aromatic heterocycles. The van der Waals surface area contributed by atoms with Crippen LogP contribution >= 0.6 is 0 Å². The molecule has 0 saturated carbocycles. The third-order valence-electron chi connectivity index (χ3n) is 6.94. The van der Waals surface area contributed by atoms with Crippen molar-refractivity contribution in [3.05, 3.63) is 59.2 Å². The molecule has 1 fully saturated rings. The third kappa shape index (κ3) is 6.54. The van der Waals surface area contributed by atoms with Gasteiger partial charge in [0.15, 0.2) is 0 Å². The number of likely N-dealkylation sites (tertiary alicyclic amines) is 1. The predicted octanol–water partition coefficient (Wildman–Crippen LogP) is 4.49. The van der Waals surface area contributed by atoms with Crippen molar-refractivity contribution in [2.45, 2.75) is 52.0 Å². The summed E-state index contributed by atoms with van der Waals surface area (Å²) in [6.07, 6.45) is 4.72. The van der Waals surface area contributed by atoms with Crippen molar-refractivity contribution in [2.75, 3.05) is 26.8 Å². The molecule has 2 heterocycles. The van der Waals surface area contributed by atoms with Gasteiger partial charge in [-0.1, -0.05) is 31.2 Å². The smallest absolute Gasteiger partial charge is 0.307 e. The van der Waals surface area contributed by atoms with Gasteiger partial charge in [-0.25, -0.2) is 10.1 Å². The fourth-order valence-electron chi connectivity index (χ4n) is 5.01. The number of nitrogens with zero attached hydrogens (tertiary/aromatic N) is 3. The van der Waals surface area contributed by atoms with Crippen molar-refractivity contribution in [3.63, 3.8) is 0 Å². The maximum absolute atomic E-state index is 13.2. The van der Waals surface area contributed by atoms with Crippen LogP contribution in [0, 0.1) is 0 Å². The standard InChI is InChI=1S/C30H36N4O5/c1-4-14-34(39-5-2)30(37)24-16-23-13-12-22(17-26(23)32-27(31)18-24)20-8-10-21(11-9-20)29(36)33-15-6-7-25(33)19-28(35)38-3/h8-13,16-17,25H,4-7,14-15,18-19H2,1-3H3,(H2,31,32)/t25-/m0/s1. The Balaban J connectivity index is 1.54. The van der Waals surface area contributed by atoms with Gasteiger partial charge in [0.05, 0.1) is 25.8 Å². The van der Waals surface area contributed by atoms with E-state index in [9.17, 15) is 14.4 Å². The quantitative estimate of drug-likeness (QED) is 0.376. The Morgan fingerprint density at radius 1 is 1.10 bits per heavy atom. The van der Waals surface area contributed by atoms with Crippen molar-refractivity contribution < 1.29 is 24.0 Å². The number of hydrogen-bond acceptors (Lipinski definition) is 7. The lowest BCUT2D eigenvalue weighted by atomic mass is 9.99. The van der Waals surface area contributed by atoms with E-state index in [0.29, 0.717) is 42.4 Å². The number of fused-ring (bicyclic) bond motifs is 1. The highest BCUT2D eigenvalue weighted by molar-refractivity contribution is 6.05. The van der Waals surface area contributed by atoms with Gasteiger partial charge < -0.3 is 15.4 Å². The van der Waals surface area contributed by atoms with Crippen LogP contribution in [0.1, 0.15) is 61.9 Å². The van der Waals surface area contributed by atoms with Crippen LogP contribution in [0.4, 0.5) is 5.69 Å². The van der Waals surface area contributed by atoms with Crippen LogP contribution < -0.4 is 5.73 Å². The van der Waals surface area contributed by atoms with Gasteiger partial charge in [0.1, 0.15) is 5.84 Å². The largest absolute Gasteiger partial charge is 0.469 e. The van der Waals surface area contributed by atoms with Crippen LogP contribution in [-0.4, -0.2) is 66.4 Å². The molecule has 2 aromatic carbocycles. The Morgan fingerprint density at radius 2 is 1.85 bits per heavy atom. The van der Waals surface area contributed by atoms with Crippen LogP contribution in [0.3, 0.4) is 0 Å². The first-order chi connectivity index (χ1) is 18.8. The maximum Gasteiger partial charge on any atom is 0.307 e. The summed E-state index contributed by atoms with van der Waals surface area (Å²) in [4.78, 5) is 49.9. The normalized spacial score (nSPS) is 16.6. The van der Waals surface area contributed by atoms with Gasteiger partial charge in [-0.05, 0) is 61.6 Å². The molecule has 1 atom stereocenters. The number of aliphatic imine (C=N–C) groups is 1. The average molecular weight is 533 g/mol. The van der Waals surface area contributed by atoms with Crippen molar-refractivity contribution in [1.29, 1.82) is 0 Å². The van der Waals surface area contributed by atoms with Gasteiger partial charge in [-0.3, -0.25) is 19.2 Å². The number of carbonyl (C=O) groups is 3. The summed E-state index contributed by atoms with van der Waals surface area (Å²) in [5.74, 6) is -0.244. The lowest BCUT2D eigenvalue weighted by Gasteiger charge is -2.24. The minimum Gasteiger partial charge on any atom is -0.469 e. The average Bonchev–Trinajstić information content (AvgIpc) is 3.33. The van der Waals surface area contributed by atoms with E-state index in [4.69, 9.17) is 15.3 Å². The van der Waals surface area contributed by atoms with Crippen LogP contribution in [0.2, 0.25) is 0 Å². The van der Waals surface area contributed by atoms with Gasteiger partial charge in [-0.15, -0.1) is 0 Å². The van der Waals surface area contributed by atoms with E-state index >= 15 is 0 Å². The highest BCUT2D eigenvalue weighted by Crippen LogP contribution is 2.32. The predicted molar refractivity (Wildman–Crippen MR) is 150 cm³/mol. The summed E-state index contributed by atoms with van der Waals surface area (Å²) in [5.41, 5.74) is 10.6. The van der Waals surface area contributed by atoms with Crippen molar-refractivity contribution in [2.24, 2.45) is 10.7 Å². The first-order valence-electron chi connectivity index (χ1n) is 13.4. The Morgan fingerprint density at radius 3 is 2.54 bits per heavy atom. The fourth-order valence-corrected chi connectivity index (χ4v) is 5.01. The second-order valence-electron chi connectivity index (χ2n) is 9.70. The summed E-state index contributed by atoms with van der Waals surface area (Å²) in [7, 11) is 1.36. The van der Waals surface area contributed by atoms with E-state index in [1.54, 1.807) is 17.0 Å². The minimum atomic E-state index is -0.305. The molecule has 206 valence electrons. The third-order valence-corrected chi connectivity index (χ3v) is 6.94. The number of amides is 2. The maximum atomic E-state index is 13.2. The number of methoxy groups -OCH3 is 1. The van der Waals surface area contributed by atoms with E-state index < -0.39 is 0 Å². The molecule has 9 heteroatoms. The van der Waals surface area contributed by atoms with Gasteiger partial charge in [-0.2, -0.15) is 0 Å². The first-order valence-corrected chi connectivity index (χ1v) is 13.4. The van der Waals surface area contributed by atoms with E-state index in [0.717, 1.165) is 36.0 Å². The molecule has 0 radical (unpaired) electrons. The van der Waals surface area contributed by atoms with E-state index in [1.165, 1.54) is 12.2 Å². The molecule has 2 aromatic rings. The first kappa shape index (κ1) is 28.0. The second kappa shape index (κ2) is 12.7. The van der Waals surface area contributed by atoms with Gasteiger partial charge in [0, 0.05) is 42.3 Å². The Kier molecular flexibility index (Phi) is 9.14. The molecular formula is C30H36N4O5. The molecule has 0 spiro atoms. The summed E-state index contributed by atoms with van der Waals surface area (Å²) in [6, 6.07) is 13.1. The molecule has 4 rings (SSSR count). The van der Waals surface area contributed by atoms with Gasteiger partial charge in [0.2, 0.25) is 0 Å². The SMILES string of the molecule is CCCN(OCC)C(=O)C1=Cc2ccc(-c3ccc(C(=O)N4CCC[C@H]4CC(=O)OC)cc3)cc2N=C(N)C1. The number of amidine groups is 1. The molecule has 0 unspecified atom stereocenters. The lowest BCUT2D eigenvalue weighted by molar-refractivity contribution is -0.180. The molecule has 39 heavy (non-hydrogen) atoms. The summed E-state index contributed by atoms with van der Waals surface area (Å²) in [5, 5.41) is 1.39. The van der Waals surface area contributed by atoms with Crippen LogP contribution in [0.25, 0.3) is 17.2 Å². The summed E-state index contributed by atoms with van der Waals surface area (Å²) in [6.45, 7) is 5.37. The molecule has 2 aliphatic heterocycles. The van der Waals surface area contributed by atoms with Crippen molar-refractivity contribution >= 4 is 35.4 Å². The number of nitrogens with two attached hydrogens (primary N) is 1. The summed E-state index contributed by atoms with van der Waals surface area (Å²) >= 11 is 0. The molecule has 2 amide bonds. The fraction of sp³-hybridized carbons (Fsp3) is 0.400. The number of esters is 1. The Hall–Kier alpha value is -3.98. The highest BCUT2D eigenvalue weighted by atomic mass is 16.7. The zero-order valence-electron chi connectivity index (χ0n) is 22.8. The monoisotopic (exact) mass is 532 g/mol. The molecule has 2 N–H and O–H groups in total. The Labute approximate surface area is 229 Å². The highest BCUT2D eigenvalue weighted by Gasteiger charge is 2.31. The zero-order chi connectivity index (χ0) is 27.9. The number of benzene rings is 2. The van der Waals surface area contributed by atoms with E-state index in [1.807, 2.05) is 50.3 Å². The zero-order valence-corrected chi connectivity index (χ0v) is 22.8. The number of ether oxygens (including phenoxy) is 1. The molecular weight excluding hydrogens is 496 g/mol. The van der Waals surface area contributed by atoms with Crippen LogP contribution in [0.5, 0.6) is 0 Å². The van der Waals surface area contributed by atoms with Gasteiger partial charge >= 0.3 is 5.97 Å². The van der Waals surface area contributed by atoms with Crippen molar-refractivity contribution in [3.8, 4) is 11.1 Å². The van der Waals surface area contributed by atoms with Gasteiger partial charge in [0.25, 0.3) is 11.8 Å². The van der Waals surface area contributed by atoms with Crippen LogP contribution in [0.15, 0.2) is 53.0 Å². The number of carbonyl (C=O) groups excluding carboxylic acids is 3. The number of hydroxylamine groups is 2. The molecule has 0 bridgehead atoms.